The summed E-state index contributed by atoms with van der Waals surface area (Å²) in [5.41, 5.74) is 3.13. The monoisotopic (exact) mass is 222 g/mol. The molecule has 2 aromatic rings. The van der Waals surface area contributed by atoms with Crippen molar-refractivity contribution in [2.24, 2.45) is 0 Å². The fraction of sp³-hybridized carbons (Fsp3) is 0.133. The summed E-state index contributed by atoms with van der Waals surface area (Å²) in [6.45, 7) is 2.03. The van der Waals surface area contributed by atoms with E-state index in [1.807, 2.05) is 61.5 Å². The van der Waals surface area contributed by atoms with E-state index < -0.39 is 0 Å². The lowest BCUT2D eigenvalue weighted by Gasteiger charge is -2.14. The van der Waals surface area contributed by atoms with Crippen LogP contribution in [0.25, 0.3) is 0 Å². The van der Waals surface area contributed by atoms with Gasteiger partial charge in [-0.3, -0.25) is 0 Å². The minimum atomic E-state index is -0.308. The molecule has 0 aliphatic heterocycles. The van der Waals surface area contributed by atoms with Gasteiger partial charge in [-0.1, -0.05) is 48.5 Å². The van der Waals surface area contributed by atoms with Crippen LogP contribution in [0.3, 0.4) is 0 Å². The first-order chi connectivity index (χ1) is 8.31. The molecule has 0 amide bonds. The lowest BCUT2D eigenvalue weighted by Crippen LogP contribution is -2.09. The van der Waals surface area contributed by atoms with Crippen LogP contribution in [-0.2, 0) is 0 Å². The molecule has 1 N–H and O–H groups in total. The highest BCUT2D eigenvalue weighted by molar-refractivity contribution is 5.53. The molecular weight excluding hydrogens is 208 g/mol. The third kappa shape index (κ3) is 2.64. The first kappa shape index (κ1) is 11.2. The average molecular weight is 222 g/mol. The molecule has 2 nitrogen and oxygen atoms in total. The minimum Gasteiger partial charge on any atom is -0.366 e. The quantitative estimate of drug-likeness (QED) is 0.860. The molecule has 0 aliphatic carbocycles. The molecule has 1 unspecified atom stereocenters. The molecule has 0 aromatic heterocycles. The van der Waals surface area contributed by atoms with E-state index >= 15 is 0 Å². The minimum absolute atomic E-state index is 0.308. The number of aryl methyl sites for hydroxylation is 1. The summed E-state index contributed by atoms with van der Waals surface area (Å²) in [5, 5.41) is 12.5. The summed E-state index contributed by atoms with van der Waals surface area (Å²) >= 11 is 0. The number of benzene rings is 2. The smallest absolute Gasteiger partial charge is 0.140 e. The van der Waals surface area contributed by atoms with E-state index in [1.54, 1.807) is 0 Å². The van der Waals surface area contributed by atoms with Crippen LogP contribution in [0.4, 0.5) is 5.69 Å². The number of hydrogen-bond acceptors (Lipinski definition) is 2. The lowest BCUT2D eigenvalue weighted by molar-refractivity contribution is 0.994. The average Bonchev–Trinajstić information content (AvgIpc) is 2.39. The van der Waals surface area contributed by atoms with Crippen LogP contribution in [0.5, 0.6) is 0 Å². The Balaban J connectivity index is 2.23. The topological polar surface area (TPSA) is 35.8 Å². The van der Waals surface area contributed by atoms with Crippen molar-refractivity contribution in [3.63, 3.8) is 0 Å². The van der Waals surface area contributed by atoms with E-state index in [9.17, 15) is 5.26 Å². The summed E-state index contributed by atoms with van der Waals surface area (Å²) in [4.78, 5) is 0. The van der Waals surface area contributed by atoms with Gasteiger partial charge < -0.3 is 5.32 Å². The zero-order valence-corrected chi connectivity index (χ0v) is 9.72. The van der Waals surface area contributed by atoms with E-state index in [4.69, 9.17) is 0 Å². The predicted octanol–water partition coefficient (Wildman–Crippen LogP) is 3.67. The number of nitrogens with one attached hydrogen (secondary N) is 1. The van der Waals surface area contributed by atoms with Crippen molar-refractivity contribution in [1.82, 2.24) is 0 Å². The highest BCUT2D eigenvalue weighted by Crippen LogP contribution is 2.21. The lowest BCUT2D eigenvalue weighted by atomic mass is 10.1. The Morgan fingerprint density at radius 2 is 1.65 bits per heavy atom. The third-order valence-corrected chi connectivity index (χ3v) is 2.71. The molecule has 17 heavy (non-hydrogen) atoms. The Morgan fingerprint density at radius 3 is 2.29 bits per heavy atom. The Kier molecular flexibility index (Phi) is 3.42. The van der Waals surface area contributed by atoms with Gasteiger partial charge in [-0.15, -0.1) is 0 Å². The number of nitrogens with zero attached hydrogens (tertiary/aromatic N) is 1. The van der Waals surface area contributed by atoms with Crippen molar-refractivity contribution in [2.75, 3.05) is 5.32 Å². The van der Waals surface area contributed by atoms with Gasteiger partial charge in [-0.05, 0) is 24.1 Å². The molecule has 0 fully saturated rings. The van der Waals surface area contributed by atoms with Crippen LogP contribution < -0.4 is 5.32 Å². The van der Waals surface area contributed by atoms with Crippen LogP contribution in [0.1, 0.15) is 17.2 Å². The molecule has 0 saturated heterocycles. The predicted molar refractivity (Wildman–Crippen MR) is 69.6 cm³/mol. The largest absolute Gasteiger partial charge is 0.366 e. The number of rotatable bonds is 3. The summed E-state index contributed by atoms with van der Waals surface area (Å²) in [6.07, 6.45) is 0. The van der Waals surface area contributed by atoms with Crippen molar-refractivity contribution < 1.29 is 0 Å². The molecule has 1 atom stereocenters. The van der Waals surface area contributed by atoms with Crippen molar-refractivity contribution in [1.29, 1.82) is 5.26 Å². The summed E-state index contributed by atoms with van der Waals surface area (Å²) in [5.74, 6) is 0. The molecule has 0 heterocycles. The second kappa shape index (κ2) is 5.18. The van der Waals surface area contributed by atoms with Crippen molar-refractivity contribution in [3.8, 4) is 6.07 Å². The first-order valence-corrected chi connectivity index (χ1v) is 5.58. The number of hydrogen-bond donors (Lipinski definition) is 1. The Bertz CT molecular complexity index is 526. The summed E-state index contributed by atoms with van der Waals surface area (Å²) in [6, 6.07) is 19.7. The van der Waals surface area contributed by atoms with Crippen molar-refractivity contribution >= 4 is 5.69 Å². The maximum atomic E-state index is 9.22. The maximum Gasteiger partial charge on any atom is 0.140 e. The van der Waals surface area contributed by atoms with Gasteiger partial charge >= 0.3 is 0 Å². The molecule has 2 aromatic carbocycles. The maximum absolute atomic E-state index is 9.22. The second-order valence-corrected chi connectivity index (χ2v) is 3.93. The Labute approximate surface area is 102 Å². The van der Waals surface area contributed by atoms with Gasteiger partial charge in [0.2, 0.25) is 0 Å². The SMILES string of the molecule is Cc1ccccc1NC(C#N)c1ccccc1. The Hall–Kier alpha value is -2.27. The van der Waals surface area contributed by atoms with Gasteiger partial charge in [0.15, 0.2) is 0 Å². The van der Waals surface area contributed by atoms with Gasteiger partial charge in [0, 0.05) is 5.69 Å². The highest BCUT2D eigenvalue weighted by atomic mass is 14.9. The van der Waals surface area contributed by atoms with Crippen LogP contribution in [0.15, 0.2) is 54.6 Å². The van der Waals surface area contributed by atoms with E-state index in [0.717, 1.165) is 16.8 Å². The summed E-state index contributed by atoms with van der Waals surface area (Å²) < 4.78 is 0. The Morgan fingerprint density at radius 1 is 1.00 bits per heavy atom. The number of anilines is 1. The van der Waals surface area contributed by atoms with E-state index in [1.165, 1.54) is 0 Å². The van der Waals surface area contributed by atoms with E-state index in [2.05, 4.69) is 11.4 Å². The van der Waals surface area contributed by atoms with Gasteiger partial charge in [0.1, 0.15) is 6.04 Å². The van der Waals surface area contributed by atoms with Crippen molar-refractivity contribution in [2.45, 2.75) is 13.0 Å². The fourth-order valence-corrected chi connectivity index (χ4v) is 1.73. The van der Waals surface area contributed by atoms with Crippen LogP contribution in [0.2, 0.25) is 0 Å². The fourth-order valence-electron chi connectivity index (χ4n) is 1.73. The standard InChI is InChI=1S/C15H14N2/c1-12-7-5-6-10-14(12)17-15(11-16)13-8-3-2-4-9-13/h2-10,15,17H,1H3. The van der Waals surface area contributed by atoms with Crippen LogP contribution in [0, 0.1) is 18.3 Å². The molecule has 84 valence electrons. The summed E-state index contributed by atoms with van der Waals surface area (Å²) in [7, 11) is 0. The number of para-hydroxylation sites is 1. The third-order valence-electron chi connectivity index (χ3n) is 2.71. The van der Waals surface area contributed by atoms with Crippen molar-refractivity contribution in [3.05, 3.63) is 65.7 Å². The molecular formula is C15H14N2. The normalized spacial score (nSPS) is 11.5. The zero-order valence-electron chi connectivity index (χ0n) is 9.72. The van der Waals surface area contributed by atoms with Crippen LogP contribution >= 0.6 is 0 Å². The van der Waals surface area contributed by atoms with E-state index in [0.29, 0.717) is 0 Å². The molecule has 0 spiro atoms. The van der Waals surface area contributed by atoms with Gasteiger partial charge in [0.25, 0.3) is 0 Å². The molecule has 2 heteroatoms. The molecule has 0 radical (unpaired) electrons. The molecule has 0 saturated carbocycles. The zero-order chi connectivity index (χ0) is 12.1. The van der Waals surface area contributed by atoms with Gasteiger partial charge in [-0.25, -0.2) is 0 Å². The van der Waals surface area contributed by atoms with Gasteiger partial charge in [-0.2, -0.15) is 5.26 Å². The van der Waals surface area contributed by atoms with Gasteiger partial charge in [0.05, 0.1) is 6.07 Å². The second-order valence-electron chi connectivity index (χ2n) is 3.93. The first-order valence-electron chi connectivity index (χ1n) is 5.58. The molecule has 0 bridgehead atoms. The highest BCUT2D eigenvalue weighted by Gasteiger charge is 2.10. The molecule has 2 rings (SSSR count). The van der Waals surface area contributed by atoms with E-state index in [-0.39, 0.29) is 6.04 Å². The number of nitriles is 1. The molecule has 0 aliphatic rings. The van der Waals surface area contributed by atoms with Crippen LogP contribution in [-0.4, -0.2) is 0 Å².